The highest BCUT2D eigenvalue weighted by Gasteiger charge is 2.13. The van der Waals surface area contributed by atoms with Crippen LogP contribution in [-0.2, 0) is 6.54 Å². The second kappa shape index (κ2) is 7.05. The monoisotopic (exact) mass is 366 g/mol. The fraction of sp³-hybridized carbons (Fsp3) is 0.158. The number of hydrogen-bond donors (Lipinski definition) is 1. The molecular weight excluding hydrogens is 348 g/mol. The molecule has 0 saturated heterocycles. The predicted octanol–water partition coefficient (Wildman–Crippen LogP) is 4.52. The lowest BCUT2D eigenvalue weighted by molar-refractivity contribution is 0.414. The zero-order valence-electron chi connectivity index (χ0n) is 14.5. The molecule has 1 N–H and O–H groups in total. The molecule has 0 aliphatic carbocycles. The summed E-state index contributed by atoms with van der Waals surface area (Å²) in [7, 11) is 1.66. The summed E-state index contributed by atoms with van der Waals surface area (Å²) in [6.45, 7) is 2.61. The molecule has 0 fully saturated rings. The molecule has 7 heteroatoms. The lowest BCUT2D eigenvalue weighted by atomic mass is 10.3. The Morgan fingerprint density at radius 3 is 2.77 bits per heavy atom. The van der Waals surface area contributed by atoms with Crippen molar-refractivity contribution in [3.05, 3.63) is 66.4 Å². The first-order valence-corrected chi connectivity index (χ1v) is 8.99. The quantitative estimate of drug-likeness (QED) is 0.543. The van der Waals surface area contributed by atoms with Crippen LogP contribution in [0.3, 0.4) is 0 Å². The zero-order valence-corrected chi connectivity index (χ0v) is 15.3. The van der Waals surface area contributed by atoms with Crippen LogP contribution in [0.1, 0.15) is 11.5 Å². The fourth-order valence-electron chi connectivity index (χ4n) is 2.61. The summed E-state index contributed by atoms with van der Waals surface area (Å²) in [6.07, 6.45) is 3.62. The number of rotatable bonds is 6. The van der Waals surface area contributed by atoms with Gasteiger partial charge in [-0.1, -0.05) is 11.3 Å². The lowest BCUT2D eigenvalue weighted by Gasteiger charge is -2.03. The smallest absolute Gasteiger partial charge is 0.183 e. The Morgan fingerprint density at radius 2 is 2.04 bits per heavy atom. The van der Waals surface area contributed by atoms with E-state index < -0.39 is 0 Å². The van der Waals surface area contributed by atoms with Gasteiger partial charge in [0.2, 0.25) is 0 Å². The van der Waals surface area contributed by atoms with Crippen LogP contribution in [0, 0.1) is 6.92 Å². The molecular formula is C19H18N4O2S. The van der Waals surface area contributed by atoms with Crippen molar-refractivity contribution in [3.63, 3.8) is 0 Å². The summed E-state index contributed by atoms with van der Waals surface area (Å²) in [5.74, 6) is 1.70. The number of thiazole rings is 1. The van der Waals surface area contributed by atoms with Crippen molar-refractivity contribution >= 4 is 16.5 Å². The van der Waals surface area contributed by atoms with Crippen molar-refractivity contribution in [1.82, 2.24) is 14.8 Å². The van der Waals surface area contributed by atoms with E-state index in [9.17, 15) is 0 Å². The number of aromatic nitrogens is 3. The molecule has 1 aromatic carbocycles. The maximum Gasteiger partial charge on any atom is 0.183 e. The standard InChI is InChI=1S/C19H18N4O2S/c1-13-18(26-19(21-13)20-12-16-4-3-11-25-16)17-9-10-23(22-17)14-5-7-15(24-2)8-6-14/h3-11H,12H2,1-2H3,(H,20,21). The van der Waals surface area contributed by atoms with Gasteiger partial charge >= 0.3 is 0 Å². The van der Waals surface area contributed by atoms with Crippen molar-refractivity contribution in [1.29, 1.82) is 0 Å². The van der Waals surface area contributed by atoms with Crippen LogP contribution in [0.15, 0.2) is 59.3 Å². The maximum absolute atomic E-state index is 5.34. The van der Waals surface area contributed by atoms with Crippen molar-refractivity contribution in [2.45, 2.75) is 13.5 Å². The molecule has 4 rings (SSSR count). The van der Waals surface area contributed by atoms with Gasteiger partial charge in [-0.05, 0) is 49.4 Å². The Labute approximate surface area is 155 Å². The van der Waals surface area contributed by atoms with E-state index in [1.807, 2.05) is 60.3 Å². The third-order valence-corrected chi connectivity index (χ3v) is 5.09. The van der Waals surface area contributed by atoms with Crippen LogP contribution in [0.2, 0.25) is 0 Å². The number of hydrogen-bond acceptors (Lipinski definition) is 6. The molecule has 0 aliphatic rings. The van der Waals surface area contributed by atoms with Crippen molar-refractivity contribution in [3.8, 4) is 22.0 Å². The summed E-state index contributed by atoms with van der Waals surface area (Å²) in [5.41, 5.74) is 2.84. The van der Waals surface area contributed by atoms with E-state index in [-0.39, 0.29) is 0 Å². The molecule has 26 heavy (non-hydrogen) atoms. The van der Waals surface area contributed by atoms with E-state index in [2.05, 4.69) is 10.3 Å². The first kappa shape index (κ1) is 16.4. The van der Waals surface area contributed by atoms with Gasteiger partial charge in [-0.3, -0.25) is 0 Å². The molecule has 6 nitrogen and oxygen atoms in total. The minimum atomic E-state index is 0.611. The number of benzene rings is 1. The fourth-order valence-corrected chi connectivity index (χ4v) is 3.54. The molecule has 0 aliphatic heterocycles. The Kier molecular flexibility index (Phi) is 4.45. The summed E-state index contributed by atoms with van der Waals surface area (Å²) in [4.78, 5) is 5.65. The van der Waals surface area contributed by atoms with Gasteiger partial charge in [0.05, 0.1) is 36.2 Å². The first-order chi connectivity index (χ1) is 12.7. The van der Waals surface area contributed by atoms with Gasteiger partial charge in [-0.25, -0.2) is 9.67 Å². The van der Waals surface area contributed by atoms with Gasteiger partial charge in [0.25, 0.3) is 0 Å². The first-order valence-electron chi connectivity index (χ1n) is 8.17. The van der Waals surface area contributed by atoms with Gasteiger partial charge < -0.3 is 14.5 Å². The van der Waals surface area contributed by atoms with Crippen LogP contribution in [0.25, 0.3) is 16.3 Å². The second-order valence-electron chi connectivity index (χ2n) is 5.71. The van der Waals surface area contributed by atoms with Crippen molar-refractivity contribution < 1.29 is 9.15 Å². The molecule has 3 heterocycles. The van der Waals surface area contributed by atoms with Gasteiger partial charge in [0.15, 0.2) is 5.13 Å². The van der Waals surface area contributed by atoms with Crippen LogP contribution >= 0.6 is 11.3 Å². The highest BCUT2D eigenvalue weighted by Crippen LogP contribution is 2.32. The summed E-state index contributed by atoms with van der Waals surface area (Å²) < 4.78 is 12.4. The number of ether oxygens (including phenoxy) is 1. The normalized spacial score (nSPS) is 10.8. The molecule has 4 aromatic rings. The Balaban J connectivity index is 1.53. The molecule has 132 valence electrons. The topological polar surface area (TPSA) is 65.1 Å². The summed E-state index contributed by atoms with van der Waals surface area (Å²) >= 11 is 1.59. The number of methoxy groups -OCH3 is 1. The average molecular weight is 366 g/mol. The van der Waals surface area contributed by atoms with E-state index in [1.165, 1.54) is 0 Å². The maximum atomic E-state index is 5.34. The van der Waals surface area contributed by atoms with Crippen LogP contribution < -0.4 is 10.1 Å². The molecule has 0 spiro atoms. The number of aryl methyl sites for hydroxylation is 1. The van der Waals surface area contributed by atoms with Crippen LogP contribution in [0.5, 0.6) is 5.75 Å². The van der Waals surface area contributed by atoms with Gasteiger partial charge in [0.1, 0.15) is 17.2 Å². The van der Waals surface area contributed by atoms with Gasteiger partial charge in [-0.2, -0.15) is 5.10 Å². The van der Waals surface area contributed by atoms with E-state index in [0.717, 1.165) is 38.6 Å². The Hall–Kier alpha value is -3.06. The summed E-state index contributed by atoms with van der Waals surface area (Å²) in [6, 6.07) is 13.6. The second-order valence-corrected chi connectivity index (χ2v) is 6.71. The predicted molar refractivity (Wildman–Crippen MR) is 102 cm³/mol. The minimum absolute atomic E-state index is 0.611. The van der Waals surface area contributed by atoms with E-state index in [1.54, 1.807) is 24.7 Å². The third-order valence-electron chi connectivity index (χ3n) is 3.95. The van der Waals surface area contributed by atoms with E-state index in [0.29, 0.717) is 6.54 Å². The highest BCUT2D eigenvalue weighted by atomic mass is 32.1. The molecule has 0 unspecified atom stereocenters. The molecule has 0 amide bonds. The van der Waals surface area contributed by atoms with Gasteiger partial charge in [0, 0.05) is 6.20 Å². The molecule has 0 atom stereocenters. The summed E-state index contributed by atoms with van der Waals surface area (Å²) in [5, 5.41) is 8.84. The minimum Gasteiger partial charge on any atom is -0.497 e. The van der Waals surface area contributed by atoms with Gasteiger partial charge in [-0.15, -0.1) is 0 Å². The number of nitrogens with one attached hydrogen (secondary N) is 1. The SMILES string of the molecule is COc1ccc(-n2ccc(-c3sc(NCc4ccco4)nc3C)n2)cc1. The van der Waals surface area contributed by atoms with Crippen molar-refractivity contribution in [2.24, 2.45) is 0 Å². The highest BCUT2D eigenvalue weighted by molar-refractivity contribution is 7.19. The largest absolute Gasteiger partial charge is 0.497 e. The third kappa shape index (κ3) is 3.34. The average Bonchev–Trinajstić information content (AvgIpc) is 3.41. The molecule has 0 radical (unpaired) electrons. The number of anilines is 1. The lowest BCUT2D eigenvalue weighted by Crippen LogP contribution is -1.97. The van der Waals surface area contributed by atoms with Crippen LogP contribution in [0.4, 0.5) is 5.13 Å². The zero-order chi connectivity index (χ0) is 17.9. The number of furan rings is 1. The molecule has 3 aromatic heterocycles. The van der Waals surface area contributed by atoms with Crippen LogP contribution in [-0.4, -0.2) is 21.9 Å². The van der Waals surface area contributed by atoms with E-state index in [4.69, 9.17) is 14.3 Å². The Morgan fingerprint density at radius 1 is 1.19 bits per heavy atom. The Bertz CT molecular complexity index is 987. The molecule has 0 saturated carbocycles. The van der Waals surface area contributed by atoms with E-state index >= 15 is 0 Å². The number of nitrogens with zero attached hydrogens (tertiary/aromatic N) is 3. The molecule has 0 bridgehead atoms. The van der Waals surface area contributed by atoms with Crippen molar-refractivity contribution in [2.75, 3.05) is 12.4 Å².